The molecule has 8 nitrogen and oxygen atoms in total. The van der Waals surface area contributed by atoms with E-state index in [1.807, 2.05) is 11.4 Å². The molecule has 1 aromatic carbocycles. The molecule has 3 aromatic rings. The SMILES string of the molecule is CC1(c2ccc(OC(F)F)cc2)NC(=O)N(Cc2nc(-c3cc(Br)cs3)no2)C1=O. The van der Waals surface area contributed by atoms with E-state index in [-0.39, 0.29) is 18.2 Å². The maximum absolute atomic E-state index is 13.0. The number of imide groups is 1. The summed E-state index contributed by atoms with van der Waals surface area (Å²) in [7, 11) is 0. The fourth-order valence-corrected chi connectivity index (χ4v) is 4.34. The molecule has 2 aromatic heterocycles. The second-order valence-electron chi connectivity index (χ2n) is 6.49. The van der Waals surface area contributed by atoms with Gasteiger partial charge in [0.15, 0.2) is 0 Å². The number of urea groups is 1. The zero-order valence-electron chi connectivity index (χ0n) is 15.3. The van der Waals surface area contributed by atoms with Crippen molar-refractivity contribution in [2.24, 2.45) is 0 Å². The number of alkyl halides is 2. The minimum Gasteiger partial charge on any atom is -0.435 e. The molecule has 0 saturated carbocycles. The van der Waals surface area contributed by atoms with E-state index in [4.69, 9.17) is 4.52 Å². The Bertz CT molecular complexity index is 1100. The summed E-state index contributed by atoms with van der Waals surface area (Å²) in [6.45, 7) is -1.63. The number of amides is 3. The number of carbonyl (C=O) groups excluding carboxylic acids is 2. The molecule has 0 aliphatic carbocycles. The average molecular weight is 499 g/mol. The molecule has 0 bridgehead atoms. The number of benzene rings is 1. The van der Waals surface area contributed by atoms with E-state index in [9.17, 15) is 18.4 Å². The van der Waals surface area contributed by atoms with E-state index in [1.54, 1.807) is 0 Å². The number of hydrogen-bond donors (Lipinski definition) is 1. The highest BCUT2D eigenvalue weighted by Crippen LogP contribution is 2.32. The molecule has 3 amide bonds. The van der Waals surface area contributed by atoms with Crippen LogP contribution in [0.3, 0.4) is 0 Å². The number of thiophene rings is 1. The number of halogens is 3. The summed E-state index contributed by atoms with van der Waals surface area (Å²) in [5.74, 6) is -0.133. The second-order valence-corrected chi connectivity index (χ2v) is 8.32. The number of nitrogens with zero attached hydrogens (tertiary/aromatic N) is 3. The highest BCUT2D eigenvalue weighted by molar-refractivity contribution is 9.10. The van der Waals surface area contributed by atoms with Crippen LogP contribution in [0, 0.1) is 0 Å². The number of hydrogen-bond acceptors (Lipinski definition) is 7. The standard InChI is InChI=1S/C18H13BrF2N4O4S/c1-18(9-2-4-11(5-3-9)28-16(20)21)15(26)25(17(27)23-18)7-13-22-14(24-29-13)12-6-10(19)8-30-12/h2-6,8,16H,7H2,1H3,(H,23,27). The summed E-state index contributed by atoms with van der Waals surface area (Å²) in [5.41, 5.74) is -0.957. The van der Waals surface area contributed by atoms with Gasteiger partial charge >= 0.3 is 12.6 Å². The Morgan fingerprint density at radius 3 is 2.70 bits per heavy atom. The maximum atomic E-state index is 13.0. The quantitative estimate of drug-likeness (QED) is 0.513. The molecule has 0 radical (unpaired) electrons. The monoisotopic (exact) mass is 498 g/mol. The van der Waals surface area contributed by atoms with Crippen molar-refractivity contribution in [2.75, 3.05) is 0 Å². The molecule has 0 spiro atoms. The van der Waals surface area contributed by atoms with E-state index >= 15 is 0 Å². The summed E-state index contributed by atoms with van der Waals surface area (Å²) in [4.78, 5) is 31.4. The summed E-state index contributed by atoms with van der Waals surface area (Å²) in [6, 6.07) is 6.69. The fraction of sp³-hybridized carbons (Fsp3) is 0.222. The molecule has 1 aliphatic rings. The average Bonchev–Trinajstić information content (AvgIpc) is 3.38. The van der Waals surface area contributed by atoms with E-state index in [2.05, 4.69) is 36.1 Å². The van der Waals surface area contributed by atoms with Crippen LogP contribution in [-0.4, -0.2) is 33.6 Å². The number of nitrogens with one attached hydrogen (secondary N) is 1. The summed E-state index contributed by atoms with van der Waals surface area (Å²) < 4.78 is 35.0. The highest BCUT2D eigenvalue weighted by atomic mass is 79.9. The van der Waals surface area contributed by atoms with Gasteiger partial charge in [0, 0.05) is 9.85 Å². The van der Waals surface area contributed by atoms with Crippen molar-refractivity contribution in [1.82, 2.24) is 20.4 Å². The van der Waals surface area contributed by atoms with Gasteiger partial charge in [-0.3, -0.25) is 9.69 Å². The third-order valence-corrected chi connectivity index (χ3v) is 6.17. The van der Waals surface area contributed by atoms with Crippen molar-refractivity contribution in [1.29, 1.82) is 0 Å². The molecule has 1 saturated heterocycles. The number of aromatic nitrogens is 2. The summed E-state index contributed by atoms with van der Waals surface area (Å²) >= 11 is 4.76. The van der Waals surface area contributed by atoms with Crippen LogP contribution in [-0.2, 0) is 16.9 Å². The summed E-state index contributed by atoms with van der Waals surface area (Å²) in [6.07, 6.45) is 0. The minimum atomic E-state index is -2.95. The van der Waals surface area contributed by atoms with Crippen molar-refractivity contribution in [3.05, 3.63) is 51.6 Å². The molecule has 30 heavy (non-hydrogen) atoms. The molecular weight excluding hydrogens is 486 g/mol. The Labute approximate surface area is 180 Å². The lowest BCUT2D eigenvalue weighted by atomic mass is 9.92. The maximum Gasteiger partial charge on any atom is 0.387 e. The Hall–Kier alpha value is -2.86. The molecule has 1 N–H and O–H groups in total. The van der Waals surface area contributed by atoms with Gasteiger partial charge in [-0.05, 0) is 46.6 Å². The Balaban J connectivity index is 1.52. The number of rotatable bonds is 6. The van der Waals surface area contributed by atoms with Crippen LogP contribution in [0.1, 0.15) is 18.4 Å². The van der Waals surface area contributed by atoms with E-state index in [0.29, 0.717) is 11.4 Å². The van der Waals surface area contributed by atoms with Crippen molar-refractivity contribution < 1.29 is 27.6 Å². The van der Waals surface area contributed by atoms with Gasteiger partial charge < -0.3 is 14.6 Å². The Morgan fingerprint density at radius 1 is 1.33 bits per heavy atom. The fourth-order valence-electron chi connectivity index (χ4n) is 2.99. The summed E-state index contributed by atoms with van der Waals surface area (Å²) in [5, 5.41) is 8.37. The van der Waals surface area contributed by atoms with Gasteiger partial charge in [0.25, 0.3) is 5.91 Å². The lowest BCUT2D eigenvalue weighted by molar-refractivity contribution is -0.131. The van der Waals surface area contributed by atoms with Gasteiger partial charge in [0.1, 0.15) is 17.8 Å². The third kappa shape index (κ3) is 3.79. The number of carbonyl (C=O) groups is 2. The van der Waals surface area contributed by atoms with Gasteiger partial charge in [-0.2, -0.15) is 13.8 Å². The van der Waals surface area contributed by atoms with E-state index in [0.717, 1.165) is 14.2 Å². The predicted octanol–water partition coefficient (Wildman–Crippen LogP) is 4.13. The topological polar surface area (TPSA) is 97.6 Å². The van der Waals surface area contributed by atoms with Crippen LogP contribution in [0.5, 0.6) is 5.75 Å². The largest absolute Gasteiger partial charge is 0.435 e. The van der Waals surface area contributed by atoms with Crippen LogP contribution < -0.4 is 10.1 Å². The van der Waals surface area contributed by atoms with Gasteiger partial charge in [0.2, 0.25) is 11.7 Å². The lowest BCUT2D eigenvalue weighted by Gasteiger charge is -2.22. The van der Waals surface area contributed by atoms with Crippen LogP contribution in [0.2, 0.25) is 0 Å². The van der Waals surface area contributed by atoms with Gasteiger partial charge in [-0.25, -0.2) is 4.79 Å². The van der Waals surface area contributed by atoms with E-state index in [1.165, 1.54) is 42.5 Å². The van der Waals surface area contributed by atoms with Crippen LogP contribution in [0.25, 0.3) is 10.7 Å². The van der Waals surface area contributed by atoms with Crippen molar-refractivity contribution in [3.8, 4) is 16.5 Å². The first-order valence-corrected chi connectivity index (χ1v) is 10.2. The molecular formula is C18H13BrF2N4O4S. The highest BCUT2D eigenvalue weighted by Gasteiger charge is 2.49. The van der Waals surface area contributed by atoms with Gasteiger partial charge in [0.05, 0.1) is 4.88 Å². The third-order valence-electron chi connectivity index (χ3n) is 4.48. The zero-order valence-corrected chi connectivity index (χ0v) is 17.7. The minimum absolute atomic E-state index is 0.0513. The molecule has 1 fully saturated rings. The van der Waals surface area contributed by atoms with Crippen LogP contribution in [0.15, 0.2) is 44.7 Å². The molecule has 12 heteroatoms. The first-order valence-electron chi connectivity index (χ1n) is 8.53. The van der Waals surface area contributed by atoms with Crippen LogP contribution in [0.4, 0.5) is 13.6 Å². The van der Waals surface area contributed by atoms with Crippen molar-refractivity contribution in [3.63, 3.8) is 0 Å². The predicted molar refractivity (Wildman–Crippen MR) is 105 cm³/mol. The zero-order chi connectivity index (χ0) is 21.5. The normalized spacial score (nSPS) is 18.9. The first kappa shape index (κ1) is 20.4. The van der Waals surface area contributed by atoms with Gasteiger partial charge in [-0.1, -0.05) is 17.3 Å². The Morgan fingerprint density at radius 2 is 2.07 bits per heavy atom. The molecule has 156 valence electrons. The van der Waals surface area contributed by atoms with Crippen molar-refractivity contribution in [2.45, 2.75) is 25.6 Å². The Kier molecular flexibility index (Phi) is 5.28. The molecule has 3 heterocycles. The number of ether oxygens (including phenoxy) is 1. The van der Waals surface area contributed by atoms with Crippen LogP contribution >= 0.6 is 27.3 Å². The van der Waals surface area contributed by atoms with E-state index < -0.39 is 24.1 Å². The lowest BCUT2D eigenvalue weighted by Crippen LogP contribution is -2.40. The van der Waals surface area contributed by atoms with Gasteiger partial charge in [-0.15, -0.1) is 11.3 Å². The second kappa shape index (κ2) is 7.76. The smallest absolute Gasteiger partial charge is 0.387 e. The molecule has 1 aliphatic heterocycles. The van der Waals surface area contributed by atoms with Crippen molar-refractivity contribution >= 4 is 39.2 Å². The molecule has 1 atom stereocenters. The molecule has 1 unspecified atom stereocenters. The first-order chi connectivity index (χ1) is 14.3. The molecule has 4 rings (SSSR count).